The first kappa shape index (κ1) is 12.1. The number of carboxylic acid groups (broad SMARTS) is 1. The van der Waals surface area contributed by atoms with Gasteiger partial charge in [-0.25, -0.2) is 0 Å². The van der Waals surface area contributed by atoms with Crippen LogP contribution in [0.25, 0.3) is 0 Å². The third-order valence-corrected chi connectivity index (χ3v) is 3.39. The van der Waals surface area contributed by atoms with Gasteiger partial charge in [0, 0.05) is 6.04 Å². The molecule has 2 rings (SSSR count). The summed E-state index contributed by atoms with van der Waals surface area (Å²) in [5, 5.41) is 12.6. The highest BCUT2D eigenvalue weighted by Gasteiger charge is 2.33. The summed E-state index contributed by atoms with van der Waals surface area (Å²) in [6.45, 7) is 2.11. The van der Waals surface area contributed by atoms with Crippen molar-refractivity contribution in [1.29, 1.82) is 0 Å². The molecule has 2 N–H and O–H groups in total. The van der Waals surface area contributed by atoms with Gasteiger partial charge >= 0.3 is 5.97 Å². The molecule has 1 aromatic rings. The first-order valence-corrected chi connectivity index (χ1v) is 6.26. The molecule has 1 aromatic carbocycles. The van der Waals surface area contributed by atoms with E-state index in [4.69, 9.17) is 0 Å². The zero-order valence-electron chi connectivity index (χ0n) is 10.1. The number of carboxylic acids is 1. The predicted octanol–water partition coefficient (Wildman–Crippen LogP) is 2.59. The summed E-state index contributed by atoms with van der Waals surface area (Å²) in [6.07, 6.45) is 3.44. The lowest BCUT2D eigenvalue weighted by Gasteiger charge is -2.22. The fourth-order valence-electron chi connectivity index (χ4n) is 2.26. The van der Waals surface area contributed by atoms with Gasteiger partial charge in [-0.05, 0) is 30.7 Å². The summed E-state index contributed by atoms with van der Waals surface area (Å²) in [7, 11) is 0. The third kappa shape index (κ3) is 3.07. The highest BCUT2D eigenvalue weighted by Crippen LogP contribution is 2.35. The van der Waals surface area contributed by atoms with Crippen molar-refractivity contribution in [2.75, 3.05) is 0 Å². The number of benzene rings is 1. The van der Waals surface area contributed by atoms with Crippen molar-refractivity contribution < 1.29 is 9.90 Å². The first-order valence-electron chi connectivity index (χ1n) is 6.26. The van der Waals surface area contributed by atoms with E-state index in [9.17, 15) is 9.90 Å². The van der Waals surface area contributed by atoms with Crippen LogP contribution in [-0.4, -0.2) is 17.1 Å². The van der Waals surface area contributed by atoms with Gasteiger partial charge in [0.05, 0.1) is 0 Å². The van der Waals surface area contributed by atoms with Gasteiger partial charge in [0.1, 0.15) is 6.04 Å². The van der Waals surface area contributed by atoms with Crippen LogP contribution in [0.2, 0.25) is 0 Å². The molecule has 0 aromatic heterocycles. The molecule has 0 heterocycles. The van der Waals surface area contributed by atoms with Gasteiger partial charge in [-0.1, -0.05) is 37.3 Å². The number of hydrogen-bond donors (Lipinski definition) is 2. The van der Waals surface area contributed by atoms with Crippen LogP contribution in [0.5, 0.6) is 0 Å². The topological polar surface area (TPSA) is 49.3 Å². The minimum atomic E-state index is -0.796. The van der Waals surface area contributed by atoms with Gasteiger partial charge in [0.15, 0.2) is 0 Å². The summed E-state index contributed by atoms with van der Waals surface area (Å²) in [5.74, 6) is -0.124. The molecule has 0 aliphatic heterocycles. The van der Waals surface area contributed by atoms with E-state index in [-0.39, 0.29) is 0 Å². The van der Waals surface area contributed by atoms with E-state index in [1.54, 1.807) is 0 Å². The van der Waals surface area contributed by atoms with Crippen LogP contribution in [0.4, 0.5) is 0 Å². The van der Waals surface area contributed by atoms with Gasteiger partial charge in [-0.2, -0.15) is 0 Å². The van der Waals surface area contributed by atoms with Crippen molar-refractivity contribution in [1.82, 2.24) is 5.32 Å². The van der Waals surface area contributed by atoms with Crippen LogP contribution >= 0.6 is 0 Å². The maximum absolute atomic E-state index is 11.3. The Morgan fingerprint density at radius 1 is 1.41 bits per heavy atom. The van der Waals surface area contributed by atoms with Crippen molar-refractivity contribution in [3.05, 3.63) is 35.9 Å². The molecule has 1 saturated carbocycles. The molecule has 3 nitrogen and oxygen atoms in total. The summed E-state index contributed by atoms with van der Waals surface area (Å²) in [4.78, 5) is 11.3. The van der Waals surface area contributed by atoms with Crippen molar-refractivity contribution in [3.8, 4) is 0 Å². The molecule has 2 unspecified atom stereocenters. The zero-order chi connectivity index (χ0) is 12.3. The highest BCUT2D eigenvalue weighted by atomic mass is 16.4. The monoisotopic (exact) mass is 233 g/mol. The van der Waals surface area contributed by atoms with Gasteiger partial charge in [-0.15, -0.1) is 0 Å². The Kier molecular flexibility index (Phi) is 3.79. The maximum Gasteiger partial charge on any atom is 0.325 e. The molecule has 1 aliphatic carbocycles. The average Bonchev–Trinajstić information content (AvgIpc) is 3.15. The van der Waals surface area contributed by atoms with Crippen molar-refractivity contribution in [2.45, 2.75) is 38.3 Å². The second-order valence-corrected chi connectivity index (χ2v) is 4.70. The number of hydrogen-bond acceptors (Lipinski definition) is 2. The average molecular weight is 233 g/mol. The van der Waals surface area contributed by atoms with Crippen LogP contribution in [0, 0.1) is 5.92 Å². The molecule has 0 saturated heterocycles. The molecule has 3 heteroatoms. The molecule has 0 spiro atoms. The van der Waals surface area contributed by atoms with E-state index in [1.807, 2.05) is 30.3 Å². The zero-order valence-corrected chi connectivity index (χ0v) is 10.1. The minimum Gasteiger partial charge on any atom is -0.480 e. The van der Waals surface area contributed by atoms with E-state index in [1.165, 1.54) is 12.8 Å². The molecule has 0 bridgehead atoms. The Morgan fingerprint density at radius 3 is 2.53 bits per heavy atom. The van der Waals surface area contributed by atoms with E-state index in [0.717, 1.165) is 12.0 Å². The Morgan fingerprint density at radius 2 is 2.06 bits per heavy atom. The lowest BCUT2D eigenvalue weighted by molar-refractivity contribution is -0.140. The molecule has 2 atom stereocenters. The summed E-state index contributed by atoms with van der Waals surface area (Å²) in [5.41, 5.74) is 0.833. The van der Waals surface area contributed by atoms with Crippen molar-refractivity contribution in [3.63, 3.8) is 0 Å². The molecular formula is C14H19NO2. The Hall–Kier alpha value is -1.35. The Bertz CT molecular complexity index is 373. The predicted molar refractivity (Wildman–Crippen MR) is 66.8 cm³/mol. The summed E-state index contributed by atoms with van der Waals surface area (Å²) < 4.78 is 0. The van der Waals surface area contributed by atoms with Crippen LogP contribution in [-0.2, 0) is 4.79 Å². The van der Waals surface area contributed by atoms with Crippen LogP contribution in [0.3, 0.4) is 0 Å². The fourth-order valence-corrected chi connectivity index (χ4v) is 2.26. The SMILES string of the molecule is CCC(NC(C(=O)O)c1ccccc1)C1CC1. The summed E-state index contributed by atoms with van der Waals surface area (Å²) >= 11 is 0. The second-order valence-electron chi connectivity index (χ2n) is 4.70. The number of aliphatic carboxylic acids is 1. The molecule has 1 fully saturated rings. The number of nitrogens with one attached hydrogen (secondary N) is 1. The van der Waals surface area contributed by atoms with E-state index in [2.05, 4.69) is 12.2 Å². The van der Waals surface area contributed by atoms with E-state index in [0.29, 0.717) is 12.0 Å². The summed E-state index contributed by atoms with van der Waals surface area (Å²) in [6, 6.07) is 9.14. The minimum absolute atomic E-state index is 0.330. The highest BCUT2D eigenvalue weighted by molar-refractivity contribution is 5.75. The van der Waals surface area contributed by atoms with Gasteiger partial charge in [0.25, 0.3) is 0 Å². The number of carbonyl (C=O) groups is 1. The van der Waals surface area contributed by atoms with Crippen LogP contribution in [0.1, 0.15) is 37.8 Å². The quantitative estimate of drug-likeness (QED) is 0.794. The molecular weight excluding hydrogens is 214 g/mol. The van der Waals surface area contributed by atoms with Crippen molar-refractivity contribution in [2.24, 2.45) is 5.92 Å². The third-order valence-electron chi connectivity index (χ3n) is 3.39. The lowest BCUT2D eigenvalue weighted by Crippen LogP contribution is -2.38. The van der Waals surface area contributed by atoms with Crippen molar-refractivity contribution >= 4 is 5.97 Å². The number of rotatable bonds is 6. The maximum atomic E-state index is 11.3. The molecule has 0 radical (unpaired) electrons. The molecule has 1 aliphatic rings. The largest absolute Gasteiger partial charge is 0.480 e. The smallest absolute Gasteiger partial charge is 0.325 e. The standard InChI is InChI=1S/C14H19NO2/c1-2-12(10-8-9-10)15-13(14(16)17)11-6-4-3-5-7-11/h3-7,10,12-13,15H,2,8-9H2,1H3,(H,16,17). The van der Waals surface area contributed by atoms with Gasteiger partial charge in [0.2, 0.25) is 0 Å². The van der Waals surface area contributed by atoms with E-state index < -0.39 is 12.0 Å². The van der Waals surface area contributed by atoms with Crippen LogP contribution in [0.15, 0.2) is 30.3 Å². The lowest BCUT2D eigenvalue weighted by atomic mass is 10.0. The molecule has 92 valence electrons. The van der Waals surface area contributed by atoms with E-state index >= 15 is 0 Å². The van der Waals surface area contributed by atoms with Crippen LogP contribution < -0.4 is 5.32 Å². The van der Waals surface area contributed by atoms with Gasteiger partial charge in [-0.3, -0.25) is 10.1 Å². The van der Waals surface area contributed by atoms with Gasteiger partial charge < -0.3 is 5.11 Å². The molecule has 17 heavy (non-hydrogen) atoms. The first-order chi connectivity index (χ1) is 8.22. The molecule has 0 amide bonds. The normalized spacial score (nSPS) is 18.6. The Labute approximate surface area is 102 Å². The second kappa shape index (κ2) is 5.32. The fraction of sp³-hybridized carbons (Fsp3) is 0.500. The Balaban J connectivity index is 2.09.